The van der Waals surface area contributed by atoms with Crippen molar-refractivity contribution in [3.63, 3.8) is 0 Å². The lowest BCUT2D eigenvalue weighted by Gasteiger charge is -2.18. The number of hydrogen-bond acceptors (Lipinski definition) is 3. The third kappa shape index (κ3) is 4.57. The third-order valence-electron chi connectivity index (χ3n) is 2.67. The molecule has 1 aromatic heterocycles. The number of carbonyl (C=O) groups excluding carboxylic acids is 1. The van der Waals surface area contributed by atoms with Crippen LogP contribution in [0.15, 0.2) is 18.7 Å². The molecule has 0 aliphatic rings. The number of carboxylic acid groups (broad SMARTS) is 1. The highest BCUT2D eigenvalue weighted by Crippen LogP contribution is 2.04. The molecule has 0 aromatic carbocycles. The summed E-state index contributed by atoms with van der Waals surface area (Å²) in [5, 5.41) is 13.0. The van der Waals surface area contributed by atoms with Gasteiger partial charge in [0.1, 0.15) is 6.54 Å². The summed E-state index contributed by atoms with van der Waals surface area (Å²) in [5.74, 6) is -1.24. The molecule has 0 fully saturated rings. The first kappa shape index (κ1) is 14.9. The van der Waals surface area contributed by atoms with Crippen molar-refractivity contribution in [3.05, 3.63) is 30.1 Å². The van der Waals surface area contributed by atoms with Crippen molar-refractivity contribution in [2.45, 2.75) is 26.8 Å². The Morgan fingerprint density at radius 2 is 2.21 bits per heavy atom. The van der Waals surface area contributed by atoms with E-state index >= 15 is 0 Å². The van der Waals surface area contributed by atoms with Gasteiger partial charge < -0.3 is 10.0 Å². The van der Waals surface area contributed by atoms with Gasteiger partial charge in [-0.05, 0) is 19.9 Å². The Hall–Kier alpha value is -2.11. The fourth-order valence-corrected chi connectivity index (χ4v) is 1.83. The molecule has 0 atom stereocenters. The van der Waals surface area contributed by atoms with Crippen molar-refractivity contribution in [2.75, 3.05) is 13.1 Å². The summed E-state index contributed by atoms with van der Waals surface area (Å²) < 4.78 is 1.75. The number of aromatic nitrogens is 2. The molecule has 0 radical (unpaired) electrons. The van der Waals surface area contributed by atoms with Crippen molar-refractivity contribution in [3.8, 4) is 0 Å². The van der Waals surface area contributed by atoms with Crippen LogP contribution in [-0.4, -0.2) is 44.8 Å². The van der Waals surface area contributed by atoms with Gasteiger partial charge in [0.2, 0.25) is 5.91 Å². The molecule has 0 unspecified atom stereocenters. The summed E-state index contributed by atoms with van der Waals surface area (Å²) >= 11 is 0. The second-order valence-corrected chi connectivity index (χ2v) is 4.36. The largest absolute Gasteiger partial charge is 0.480 e. The van der Waals surface area contributed by atoms with Gasteiger partial charge in [0.25, 0.3) is 0 Å². The Kier molecular flexibility index (Phi) is 5.29. The Labute approximate surface area is 112 Å². The highest BCUT2D eigenvalue weighted by Gasteiger charge is 2.15. The van der Waals surface area contributed by atoms with Crippen LogP contribution in [0.25, 0.3) is 0 Å². The lowest BCUT2D eigenvalue weighted by molar-refractivity contribution is -0.144. The van der Waals surface area contributed by atoms with Crippen molar-refractivity contribution >= 4 is 11.9 Å². The fraction of sp³-hybridized carbons (Fsp3) is 0.462. The van der Waals surface area contributed by atoms with Gasteiger partial charge in [0, 0.05) is 25.2 Å². The van der Waals surface area contributed by atoms with Crippen molar-refractivity contribution < 1.29 is 14.7 Å². The number of amides is 1. The van der Waals surface area contributed by atoms with E-state index in [-0.39, 0.29) is 25.4 Å². The predicted molar refractivity (Wildman–Crippen MR) is 70.7 cm³/mol. The van der Waals surface area contributed by atoms with Crippen LogP contribution in [0.2, 0.25) is 0 Å². The van der Waals surface area contributed by atoms with Crippen LogP contribution >= 0.6 is 0 Å². The SMILES string of the molecule is C=CCN(CC(=O)O)C(=O)CCn1nc(C)cc1C. The molecule has 104 valence electrons. The second-order valence-electron chi connectivity index (χ2n) is 4.36. The minimum absolute atomic E-state index is 0.213. The lowest BCUT2D eigenvalue weighted by Crippen LogP contribution is -2.36. The zero-order chi connectivity index (χ0) is 14.4. The van der Waals surface area contributed by atoms with Crippen LogP contribution in [0.1, 0.15) is 17.8 Å². The topological polar surface area (TPSA) is 75.4 Å². The number of nitrogens with zero attached hydrogens (tertiary/aromatic N) is 3. The second kappa shape index (κ2) is 6.72. The van der Waals surface area contributed by atoms with Gasteiger partial charge in [-0.2, -0.15) is 5.10 Å². The summed E-state index contributed by atoms with van der Waals surface area (Å²) in [6.07, 6.45) is 1.74. The smallest absolute Gasteiger partial charge is 0.323 e. The van der Waals surface area contributed by atoms with E-state index in [2.05, 4.69) is 11.7 Å². The Bertz CT molecular complexity index is 479. The van der Waals surface area contributed by atoms with Gasteiger partial charge in [0.15, 0.2) is 0 Å². The minimum Gasteiger partial charge on any atom is -0.480 e. The molecule has 1 aromatic rings. The standard InChI is InChI=1S/C13H19N3O3/c1-4-6-15(9-13(18)19)12(17)5-7-16-11(3)8-10(2)14-16/h4,8H,1,5-7,9H2,2-3H3,(H,18,19). The highest BCUT2D eigenvalue weighted by molar-refractivity contribution is 5.81. The number of aryl methyl sites for hydroxylation is 3. The van der Waals surface area contributed by atoms with E-state index in [1.165, 1.54) is 11.0 Å². The molecule has 19 heavy (non-hydrogen) atoms. The van der Waals surface area contributed by atoms with E-state index in [0.29, 0.717) is 6.54 Å². The van der Waals surface area contributed by atoms with E-state index in [0.717, 1.165) is 11.4 Å². The van der Waals surface area contributed by atoms with Crippen molar-refractivity contribution in [1.29, 1.82) is 0 Å². The number of carboxylic acids is 1. The molecule has 6 nitrogen and oxygen atoms in total. The molecule has 6 heteroatoms. The van der Waals surface area contributed by atoms with Crippen LogP contribution in [0.5, 0.6) is 0 Å². The van der Waals surface area contributed by atoms with Gasteiger partial charge >= 0.3 is 5.97 Å². The maximum Gasteiger partial charge on any atom is 0.323 e. The van der Waals surface area contributed by atoms with Crippen LogP contribution in [0.3, 0.4) is 0 Å². The molecule has 0 saturated heterocycles. The van der Waals surface area contributed by atoms with E-state index < -0.39 is 5.97 Å². The number of carbonyl (C=O) groups is 2. The molecule has 0 bridgehead atoms. The first-order valence-corrected chi connectivity index (χ1v) is 6.05. The molecule has 1 amide bonds. The van der Waals surface area contributed by atoms with Gasteiger partial charge in [-0.3, -0.25) is 14.3 Å². The van der Waals surface area contributed by atoms with E-state index in [9.17, 15) is 9.59 Å². The monoisotopic (exact) mass is 265 g/mol. The van der Waals surface area contributed by atoms with Crippen LogP contribution in [0, 0.1) is 13.8 Å². The van der Waals surface area contributed by atoms with Gasteiger partial charge in [-0.25, -0.2) is 0 Å². The molecular weight excluding hydrogens is 246 g/mol. The quantitative estimate of drug-likeness (QED) is 0.746. The average Bonchev–Trinajstić information content (AvgIpc) is 2.63. The molecule has 1 rings (SSSR count). The normalized spacial score (nSPS) is 10.2. The van der Waals surface area contributed by atoms with Crippen LogP contribution in [0.4, 0.5) is 0 Å². The summed E-state index contributed by atoms with van der Waals surface area (Å²) in [7, 11) is 0. The summed E-state index contributed by atoms with van der Waals surface area (Å²) in [6, 6.07) is 1.93. The number of aliphatic carboxylic acids is 1. The fourth-order valence-electron chi connectivity index (χ4n) is 1.83. The molecule has 1 heterocycles. The lowest BCUT2D eigenvalue weighted by atomic mass is 10.3. The van der Waals surface area contributed by atoms with Crippen molar-refractivity contribution in [1.82, 2.24) is 14.7 Å². The van der Waals surface area contributed by atoms with Gasteiger partial charge in [-0.1, -0.05) is 6.08 Å². The Morgan fingerprint density at radius 3 is 2.68 bits per heavy atom. The number of rotatable bonds is 7. The summed E-state index contributed by atoms with van der Waals surface area (Å²) in [6.45, 7) is 7.71. The van der Waals surface area contributed by atoms with E-state index in [1.54, 1.807) is 4.68 Å². The molecule has 0 spiro atoms. The number of hydrogen-bond donors (Lipinski definition) is 1. The average molecular weight is 265 g/mol. The minimum atomic E-state index is -1.03. The van der Waals surface area contributed by atoms with Gasteiger partial charge in [0.05, 0.1) is 5.69 Å². The highest BCUT2D eigenvalue weighted by atomic mass is 16.4. The zero-order valence-electron chi connectivity index (χ0n) is 11.3. The predicted octanol–water partition coefficient (Wildman–Crippen LogP) is 0.989. The summed E-state index contributed by atoms with van der Waals surface area (Å²) in [4.78, 5) is 23.9. The molecule has 0 aliphatic carbocycles. The first-order chi connectivity index (χ1) is 8.93. The van der Waals surface area contributed by atoms with Crippen molar-refractivity contribution in [2.24, 2.45) is 0 Å². The maximum atomic E-state index is 11.9. The maximum absolute atomic E-state index is 11.9. The van der Waals surface area contributed by atoms with Crippen LogP contribution in [-0.2, 0) is 16.1 Å². The van der Waals surface area contributed by atoms with E-state index in [1.807, 2.05) is 19.9 Å². The van der Waals surface area contributed by atoms with Crippen LogP contribution < -0.4 is 0 Å². The molecule has 0 aliphatic heterocycles. The molecular formula is C13H19N3O3. The first-order valence-electron chi connectivity index (χ1n) is 6.05. The van der Waals surface area contributed by atoms with Gasteiger partial charge in [-0.15, -0.1) is 6.58 Å². The Morgan fingerprint density at radius 1 is 1.53 bits per heavy atom. The zero-order valence-corrected chi connectivity index (χ0v) is 11.3. The Balaban J connectivity index is 2.59. The molecule has 0 saturated carbocycles. The summed E-state index contributed by atoms with van der Waals surface area (Å²) in [5.41, 5.74) is 1.89. The van der Waals surface area contributed by atoms with E-state index in [4.69, 9.17) is 5.11 Å². The third-order valence-corrected chi connectivity index (χ3v) is 2.67. The molecule has 1 N–H and O–H groups in total.